The van der Waals surface area contributed by atoms with Crippen LogP contribution < -0.4 is 14.8 Å². The van der Waals surface area contributed by atoms with Crippen molar-refractivity contribution in [2.45, 2.75) is 18.7 Å². The van der Waals surface area contributed by atoms with Crippen LogP contribution in [0.15, 0.2) is 41.3 Å². The van der Waals surface area contributed by atoms with Gasteiger partial charge in [-0.2, -0.15) is 0 Å². The highest BCUT2D eigenvalue weighted by molar-refractivity contribution is 7.89. The van der Waals surface area contributed by atoms with Gasteiger partial charge in [0.2, 0.25) is 10.0 Å². The Morgan fingerprint density at radius 1 is 1.04 bits per heavy atom. The number of halogens is 3. The second-order valence-corrected chi connectivity index (χ2v) is 9.29. The van der Waals surface area contributed by atoms with Gasteiger partial charge in [0.1, 0.15) is 5.75 Å². The zero-order chi connectivity index (χ0) is 20.9. The molecule has 2 N–H and O–H groups in total. The fraction of sp³-hybridized carbons (Fsp3) is 0.278. The van der Waals surface area contributed by atoms with Crippen LogP contribution >= 0.6 is 34.8 Å². The second kappa shape index (κ2) is 9.80. The van der Waals surface area contributed by atoms with Crippen LogP contribution in [0.5, 0.6) is 5.75 Å². The lowest BCUT2D eigenvalue weighted by Gasteiger charge is -2.12. The number of hydrogen-bond acceptors (Lipinski definition) is 4. The zero-order valence-electron chi connectivity index (χ0n) is 15.1. The summed E-state index contributed by atoms with van der Waals surface area (Å²) < 4.78 is 32.3. The maximum absolute atomic E-state index is 12.2. The first-order valence-electron chi connectivity index (χ1n) is 8.25. The Bertz CT molecular complexity index is 965. The molecule has 2 aromatic rings. The Morgan fingerprint density at radius 2 is 1.75 bits per heavy atom. The highest BCUT2D eigenvalue weighted by Gasteiger charge is 2.17. The van der Waals surface area contributed by atoms with E-state index in [0.29, 0.717) is 22.3 Å². The standard InChI is InChI=1S/C18H19Cl3N2O4S/c1-11(2)9-22-28(25,26)13-4-6-17(16(21)8-13)27-10-18(24)23-12-3-5-14(19)15(20)7-12/h3-8,11,22H,9-10H2,1-2H3,(H,23,24). The van der Waals surface area contributed by atoms with E-state index in [1.54, 1.807) is 12.1 Å². The molecule has 28 heavy (non-hydrogen) atoms. The van der Waals surface area contributed by atoms with E-state index in [4.69, 9.17) is 39.5 Å². The number of ether oxygens (including phenoxy) is 1. The van der Waals surface area contributed by atoms with Gasteiger partial charge in [0.05, 0.1) is 20.0 Å². The molecule has 0 spiro atoms. The number of benzene rings is 2. The second-order valence-electron chi connectivity index (χ2n) is 6.30. The van der Waals surface area contributed by atoms with Gasteiger partial charge < -0.3 is 10.1 Å². The number of carbonyl (C=O) groups is 1. The lowest BCUT2D eigenvalue weighted by atomic mass is 10.2. The van der Waals surface area contributed by atoms with Gasteiger partial charge in [0.25, 0.3) is 5.91 Å². The topological polar surface area (TPSA) is 84.5 Å². The van der Waals surface area contributed by atoms with E-state index in [9.17, 15) is 13.2 Å². The lowest BCUT2D eigenvalue weighted by Crippen LogP contribution is -2.27. The van der Waals surface area contributed by atoms with Crippen molar-refractivity contribution in [1.29, 1.82) is 0 Å². The van der Waals surface area contributed by atoms with Crippen LogP contribution in [0.3, 0.4) is 0 Å². The summed E-state index contributed by atoms with van der Waals surface area (Å²) in [4.78, 5) is 12.0. The Labute approximate surface area is 179 Å². The summed E-state index contributed by atoms with van der Waals surface area (Å²) in [6.07, 6.45) is 0. The first-order chi connectivity index (χ1) is 13.1. The van der Waals surface area contributed by atoms with Gasteiger partial charge in [0.15, 0.2) is 6.61 Å². The summed E-state index contributed by atoms with van der Waals surface area (Å²) in [7, 11) is -3.67. The van der Waals surface area contributed by atoms with Gasteiger partial charge in [-0.05, 0) is 42.3 Å². The number of sulfonamides is 1. The number of hydrogen-bond donors (Lipinski definition) is 2. The molecule has 0 aliphatic heterocycles. The molecular weight excluding hydrogens is 447 g/mol. The lowest BCUT2D eigenvalue weighted by molar-refractivity contribution is -0.118. The largest absolute Gasteiger partial charge is 0.482 e. The van der Waals surface area contributed by atoms with Crippen LogP contribution in [0.25, 0.3) is 0 Å². The van der Waals surface area contributed by atoms with Gasteiger partial charge >= 0.3 is 0 Å². The summed E-state index contributed by atoms with van der Waals surface area (Å²) in [5.41, 5.74) is 0.465. The van der Waals surface area contributed by atoms with Crippen LogP contribution in [0, 0.1) is 5.92 Å². The number of amides is 1. The first kappa shape index (κ1) is 22.8. The monoisotopic (exact) mass is 464 g/mol. The molecular formula is C18H19Cl3N2O4S. The molecule has 0 bridgehead atoms. The van der Waals surface area contributed by atoms with Gasteiger partial charge in [-0.1, -0.05) is 48.7 Å². The molecule has 1 amide bonds. The van der Waals surface area contributed by atoms with Gasteiger partial charge in [-0.25, -0.2) is 13.1 Å². The fourth-order valence-electron chi connectivity index (χ4n) is 2.04. The molecule has 0 saturated carbocycles. The number of rotatable bonds is 8. The summed E-state index contributed by atoms with van der Waals surface area (Å²) in [5, 5.41) is 3.37. The zero-order valence-corrected chi connectivity index (χ0v) is 18.2. The Morgan fingerprint density at radius 3 is 2.36 bits per heavy atom. The smallest absolute Gasteiger partial charge is 0.262 e. The van der Waals surface area contributed by atoms with E-state index in [0.717, 1.165) is 0 Å². The minimum absolute atomic E-state index is 0.0192. The highest BCUT2D eigenvalue weighted by Crippen LogP contribution is 2.28. The fourth-order valence-corrected chi connectivity index (χ4v) is 3.88. The third-order valence-electron chi connectivity index (χ3n) is 3.46. The average Bonchev–Trinajstić information content (AvgIpc) is 2.62. The molecule has 2 rings (SSSR count). The molecule has 0 aromatic heterocycles. The molecule has 0 aliphatic rings. The third kappa shape index (κ3) is 6.53. The average molecular weight is 466 g/mol. The maximum Gasteiger partial charge on any atom is 0.262 e. The molecule has 0 heterocycles. The highest BCUT2D eigenvalue weighted by atomic mass is 35.5. The van der Waals surface area contributed by atoms with E-state index in [1.165, 1.54) is 24.3 Å². The van der Waals surface area contributed by atoms with Crippen molar-refractivity contribution in [2.75, 3.05) is 18.5 Å². The first-order valence-corrected chi connectivity index (χ1v) is 10.9. The third-order valence-corrected chi connectivity index (χ3v) is 5.91. The summed E-state index contributed by atoms with van der Waals surface area (Å²) >= 11 is 17.8. The van der Waals surface area contributed by atoms with Crippen LogP contribution in [-0.2, 0) is 14.8 Å². The van der Waals surface area contributed by atoms with Gasteiger partial charge in [0, 0.05) is 12.2 Å². The van der Waals surface area contributed by atoms with Crippen molar-refractivity contribution >= 4 is 56.4 Å². The number of anilines is 1. The van der Waals surface area contributed by atoms with E-state index >= 15 is 0 Å². The quantitative estimate of drug-likeness (QED) is 0.597. The van der Waals surface area contributed by atoms with Crippen molar-refractivity contribution in [3.8, 4) is 5.75 Å². The molecule has 2 aromatic carbocycles. The maximum atomic E-state index is 12.2. The molecule has 0 saturated heterocycles. The van der Waals surface area contributed by atoms with Gasteiger partial charge in [-0.3, -0.25) is 4.79 Å². The molecule has 0 radical (unpaired) electrons. The van der Waals surface area contributed by atoms with E-state index in [2.05, 4.69) is 10.0 Å². The molecule has 152 valence electrons. The summed E-state index contributed by atoms with van der Waals surface area (Å²) in [6, 6.07) is 8.71. The van der Waals surface area contributed by atoms with Crippen molar-refractivity contribution in [3.05, 3.63) is 51.5 Å². The van der Waals surface area contributed by atoms with Crippen LogP contribution in [0.2, 0.25) is 15.1 Å². The van der Waals surface area contributed by atoms with Crippen LogP contribution in [0.4, 0.5) is 5.69 Å². The predicted octanol–water partition coefficient (Wildman–Crippen LogP) is 4.60. The molecule has 0 aliphatic carbocycles. The minimum atomic E-state index is -3.67. The van der Waals surface area contributed by atoms with E-state index < -0.39 is 15.9 Å². The van der Waals surface area contributed by atoms with Crippen molar-refractivity contribution in [1.82, 2.24) is 4.72 Å². The van der Waals surface area contributed by atoms with Crippen LogP contribution in [-0.4, -0.2) is 27.5 Å². The molecule has 0 unspecified atom stereocenters. The van der Waals surface area contributed by atoms with Crippen molar-refractivity contribution in [2.24, 2.45) is 5.92 Å². The van der Waals surface area contributed by atoms with Crippen LogP contribution in [0.1, 0.15) is 13.8 Å². The molecule has 6 nitrogen and oxygen atoms in total. The number of nitrogens with one attached hydrogen (secondary N) is 2. The predicted molar refractivity (Wildman–Crippen MR) is 112 cm³/mol. The molecule has 10 heteroatoms. The normalized spacial score (nSPS) is 11.5. The summed E-state index contributed by atoms with van der Waals surface area (Å²) in [5.74, 6) is -0.0830. The van der Waals surface area contributed by atoms with E-state index in [1.807, 2.05) is 13.8 Å². The SMILES string of the molecule is CC(C)CNS(=O)(=O)c1ccc(OCC(=O)Nc2ccc(Cl)c(Cl)c2)c(Cl)c1. The Balaban J connectivity index is 1.99. The van der Waals surface area contributed by atoms with Crippen molar-refractivity contribution < 1.29 is 17.9 Å². The molecule has 0 fully saturated rings. The van der Waals surface area contributed by atoms with Gasteiger partial charge in [-0.15, -0.1) is 0 Å². The Kier molecular flexibility index (Phi) is 7.97. The summed E-state index contributed by atoms with van der Waals surface area (Å²) in [6.45, 7) is 3.79. The number of carbonyl (C=O) groups excluding carboxylic acids is 1. The molecule has 0 atom stereocenters. The minimum Gasteiger partial charge on any atom is -0.482 e. The van der Waals surface area contributed by atoms with Crippen molar-refractivity contribution in [3.63, 3.8) is 0 Å². The van der Waals surface area contributed by atoms with E-state index in [-0.39, 0.29) is 28.2 Å². The Hall–Kier alpha value is -1.51.